The summed E-state index contributed by atoms with van der Waals surface area (Å²) in [7, 11) is 0. The number of nitrogens with zero attached hydrogens (tertiary/aromatic N) is 2. The van der Waals surface area contributed by atoms with Gasteiger partial charge in [0.25, 0.3) is 0 Å². The maximum atomic E-state index is 13.8. The molecule has 0 aromatic heterocycles. The van der Waals surface area contributed by atoms with Crippen LogP contribution in [-0.4, -0.2) is 98.4 Å². The third-order valence-corrected chi connectivity index (χ3v) is 13.5. The molecule has 2 aliphatic rings. The highest BCUT2D eigenvalue weighted by Gasteiger charge is 2.42. The molecule has 402 valence electrons. The topological polar surface area (TPSA) is 112 Å². The quantitative estimate of drug-likeness (QED) is 0.0253. The van der Waals surface area contributed by atoms with Crippen molar-refractivity contribution in [2.24, 2.45) is 0 Å². The summed E-state index contributed by atoms with van der Waals surface area (Å²) in [6, 6.07) is 0. The van der Waals surface area contributed by atoms with Crippen molar-refractivity contribution in [1.82, 2.24) is 9.80 Å². The fourth-order valence-corrected chi connectivity index (χ4v) is 9.13. The molecule has 2 aliphatic heterocycles. The summed E-state index contributed by atoms with van der Waals surface area (Å²) in [4.78, 5) is 59.3. The number of rotatable bonds is 45. The molecule has 0 aromatic carbocycles. The predicted octanol–water partition coefficient (Wildman–Crippen LogP) is 14.8. The molecule has 0 aliphatic carbocycles. The first-order valence-corrected chi connectivity index (χ1v) is 29.2. The molecule has 2 rings (SSSR count). The molecule has 10 heteroatoms. The number of hydrogen-bond donors (Lipinski definition) is 0. The van der Waals surface area contributed by atoms with Crippen LogP contribution >= 0.6 is 0 Å². The second-order valence-corrected chi connectivity index (χ2v) is 20.0. The molecule has 0 spiro atoms. The van der Waals surface area contributed by atoms with Gasteiger partial charge in [0.15, 0.2) is 0 Å². The normalized spacial score (nSPS) is 15.9. The third kappa shape index (κ3) is 36.6. The van der Waals surface area contributed by atoms with Gasteiger partial charge in [-0.05, 0) is 168 Å². The van der Waals surface area contributed by atoms with Crippen molar-refractivity contribution in [1.29, 1.82) is 0 Å². The standard InChI is InChI=1S/C60H104N2O8/c1-3-5-7-9-11-13-15-17-19-21-23-25-27-29-31-43-53-67-59(65)57(69-55(63)45-35-41-51-61-47-37-33-38-48-61)58(70-56(64)46-36-42-52-62-49-39-34-40-50-62)60(66)68-54-44-32-30-28-26-24-22-20-18-16-14-12-10-8-6-4-2/h11-14,17-20,57-58H,3-10,15-16,21-54H2,1-2H3/b13-11-,14-12-,19-17-,20-18-. The zero-order valence-corrected chi connectivity index (χ0v) is 45.0. The number of likely N-dealkylation sites (tertiary alicyclic amines) is 2. The summed E-state index contributed by atoms with van der Waals surface area (Å²) < 4.78 is 23.0. The van der Waals surface area contributed by atoms with Crippen molar-refractivity contribution in [3.63, 3.8) is 0 Å². The Morgan fingerprint density at radius 2 is 0.714 bits per heavy atom. The number of esters is 4. The molecular formula is C60H104N2O8. The van der Waals surface area contributed by atoms with Crippen LogP contribution in [0.1, 0.15) is 245 Å². The molecule has 0 N–H and O–H groups in total. The second-order valence-electron chi connectivity index (χ2n) is 20.0. The largest absolute Gasteiger partial charge is 0.463 e. The van der Waals surface area contributed by atoms with Gasteiger partial charge in [0.05, 0.1) is 13.2 Å². The molecule has 70 heavy (non-hydrogen) atoms. The van der Waals surface area contributed by atoms with Crippen LogP contribution in [0.4, 0.5) is 0 Å². The lowest BCUT2D eigenvalue weighted by molar-refractivity contribution is -0.192. The zero-order valence-electron chi connectivity index (χ0n) is 45.0. The van der Waals surface area contributed by atoms with Crippen molar-refractivity contribution in [3.05, 3.63) is 48.6 Å². The van der Waals surface area contributed by atoms with E-state index in [1.807, 2.05) is 0 Å². The van der Waals surface area contributed by atoms with E-state index in [0.29, 0.717) is 25.7 Å². The van der Waals surface area contributed by atoms with Gasteiger partial charge in [-0.15, -0.1) is 0 Å². The lowest BCUT2D eigenvalue weighted by Crippen LogP contribution is -2.47. The summed E-state index contributed by atoms with van der Waals surface area (Å²) in [5.74, 6) is -2.99. The van der Waals surface area contributed by atoms with E-state index in [4.69, 9.17) is 18.9 Å². The van der Waals surface area contributed by atoms with E-state index in [-0.39, 0.29) is 26.1 Å². The van der Waals surface area contributed by atoms with Crippen LogP contribution in [0.5, 0.6) is 0 Å². The molecule has 2 atom stereocenters. The number of carbonyl (C=O) groups excluding carboxylic acids is 4. The minimum atomic E-state index is -1.74. The van der Waals surface area contributed by atoms with E-state index >= 15 is 0 Å². The van der Waals surface area contributed by atoms with Gasteiger partial charge >= 0.3 is 23.9 Å². The van der Waals surface area contributed by atoms with Crippen molar-refractivity contribution >= 4 is 23.9 Å². The van der Waals surface area contributed by atoms with E-state index < -0.39 is 36.1 Å². The van der Waals surface area contributed by atoms with Gasteiger partial charge in [0.2, 0.25) is 12.2 Å². The van der Waals surface area contributed by atoms with E-state index in [1.54, 1.807) is 0 Å². The lowest BCUT2D eigenvalue weighted by Gasteiger charge is -2.26. The maximum Gasteiger partial charge on any atom is 0.352 e. The van der Waals surface area contributed by atoms with Crippen LogP contribution in [0.3, 0.4) is 0 Å². The molecule has 10 nitrogen and oxygen atoms in total. The highest BCUT2D eigenvalue weighted by Crippen LogP contribution is 2.18. The van der Waals surface area contributed by atoms with E-state index in [0.717, 1.165) is 142 Å². The minimum absolute atomic E-state index is 0.0859. The summed E-state index contributed by atoms with van der Waals surface area (Å²) >= 11 is 0. The van der Waals surface area contributed by atoms with Gasteiger partial charge in [-0.25, -0.2) is 9.59 Å². The van der Waals surface area contributed by atoms with Crippen LogP contribution in [0, 0.1) is 0 Å². The molecule has 0 aromatic rings. The van der Waals surface area contributed by atoms with Gasteiger partial charge in [0, 0.05) is 12.8 Å². The van der Waals surface area contributed by atoms with Crippen molar-refractivity contribution in [2.45, 2.75) is 257 Å². The fraction of sp³-hybridized carbons (Fsp3) is 0.800. The van der Waals surface area contributed by atoms with E-state index in [9.17, 15) is 19.2 Å². The molecule has 0 bridgehead atoms. The summed E-state index contributed by atoms with van der Waals surface area (Å²) in [5.41, 5.74) is 0. The number of hydrogen-bond acceptors (Lipinski definition) is 10. The molecule has 0 radical (unpaired) electrons. The molecule has 0 saturated carbocycles. The summed E-state index contributed by atoms with van der Waals surface area (Å²) in [6.07, 6.45) is 51.2. The number of unbranched alkanes of at least 4 members (excludes halogenated alkanes) is 20. The highest BCUT2D eigenvalue weighted by atomic mass is 16.6. The van der Waals surface area contributed by atoms with Gasteiger partial charge in [0.1, 0.15) is 0 Å². The molecule has 2 heterocycles. The van der Waals surface area contributed by atoms with Crippen LogP contribution in [-0.2, 0) is 38.1 Å². The summed E-state index contributed by atoms with van der Waals surface area (Å²) in [6.45, 7) is 10.8. The van der Waals surface area contributed by atoms with Crippen molar-refractivity contribution < 1.29 is 38.1 Å². The minimum Gasteiger partial charge on any atom is -0.463 e. The average Bonchev–Trinajstić information content (AvgIpc) is 3.37. The number of carbonyl (C=O) groups is 4. The van der Waals surface area contributed by atoms with Crippen LogP contribution in [0.25, 0.3) is 0 Å². The Bertz CT molecular complexity index is 1290. The highest BCUT2D eigenvalue weighted by molar-refractivity contribution is 5.89. The smallest absolute Gasteiger partial charge is 0.352 e. The first-order valence-electron chi connectivity index (χ1n) is 29.2. The Morgan fingerprint density at radius 3 is 1.07 bits per heavy atom. The zero-order chi connectivity index (χ0) is 50.2. The molecule has 2 saturated heterocycles. The Balaban J connectivity index is 1.92. The Kier molecular flexibility index (Phi) is 42.0. The molecule has 0 amide bonds. The maximum absolute atomic E-state index is 13.8. The average molecular weight is 981 g/mol. The first-order chi connectivity index (χ1) is 34.4. The van der Waals surface area contributed by atoms with Crippen LogP contribution in [0.2, 0.25) is 0 Å². The SMILES string of the molecule is CCCCC/C=C\C/C=C\CCCCCCCCOC(=O)C(OC(=O)CCCCN1CCCCC1)C(OC(=O)CCCCN1CCCCC1)C(=O)OCCCCCCCC/C=C\C/C=C\CCCCC. The van der Waals surface area contributed by atoms with Crippen LogP contribution < -0.4 is 0 Å². The van der Waals surface area contributed by atoms with Gasteiger partial charge in [-0.1, -0.05) is 152 Å². The van der Waals surface area contributed by atoms with Crippen molar-refractivity contribution in [3.8, 4) is 0 Å². The Hall–Kier alpha value is -3.24. The van der Waals surface area contributed by atoms with E-state index in [2.05, 4.69) is 72.3 Å². The molecule has 2 unspecified atom stereocenters. The van der Waals surface area contributed by atoms with E-state index in [1.165, 1.54) is 89.9 Å². The van der Waals surface area contributed by atoms with Gasteiger partial charge in [-0.2, -0.15) is 0 Å². The number of piperidine rings is 2. The summed E-state index contributed by atoms with van der Waals surface area (Å²) in [5, 5.41) is 0. The fourth-order valence-electron chi connectivity index (χ4n) is 9.13. The van der Waals surface area contributed by atoms with Gasteiger partial charge in [-0.3, -0.25) is 9.59 Å². The number of ether oxygens (including phenoxy) is 4. The lowest BCUT2D eigenvalue weighted by atomic mass is 10.1. The predicted molar refractivity (Wildman–Crippen MR) is 289 cm³/mol. The van der Waals surface area contributed by atoms with Gasteiger partial charge < -0.3 is 28.7 Å². The molecule has 2 fully saturated rings. The second kappa shape index (κ2) is 46.8. The molecular weight excluding hydrogens is 877 g/mol. The Labute approximate surface area is 428 Å². The number of allylic oxidation sites excluding steroid dienone is 8. The van der Waals surface area contributed by atoms with Crippen molar-refractivity contribution in [2.75, 3.05) is 52.5 Å². The monoisotopic (exact) mass is 981 g/mol. The third-order valence-electron chi connectivity index (χ3n) is 13.5. The van der Waals surface area contributed by atoms with Crippen LogP contribution in [0.15, 0.2) is 48.6 Å². The Morgan fingerprint density at radius 1 is 0.386 bits per heavy atom. The first kappa shape index (κ1) is 62.9.